The van der Waals surface area contributed by atoms with E-state index in [4.69, 9.17) is 11.6 Å². The summed E-state index contributed by atoms with van der Waals surface area (Å²) in [5.41, 5.74) is 5.44. The summed E-state index contributed by atoms with van der Waals surface area (Å²) in [6.45, 7) is 3.44. The summed E-state index contributed by atoms with van der Waals surface area (Å²) in [6, 6.07) is 30.8. The molecule has 0 atom stereocenters. The number of amides is 1. The molecule has 0 radical (unpaired) electrons. The molecule has 0 N–H and O–H groups in total. The number of benzene rings is 3. The number of hydrogen-bond donors (Lipinski definition) is 0. The molecular weight excluding hydrogens is 516 g/mol. The smallest absolute Gasteiger partial charge is 0.247 e. The predicted molar refractivity (Wildman–Crippen MR) is 165 cm³/mol. The van der Waals surface area contributed by atoms with Gasteiger partial charge in [-0.05, 0) is 65.9 Å². The SMILES string of the molecule is CN(c1ccncc1)c1ccc(CN(C(=O)/C=C/c2ccccc2Cl)C2CCN(Cc3ccccc3)CC2)cc1. The molecule has 0 aliphatic carbocycles. The molecule has 1 aliphatic heterocycles. The first-order valence-corrected chi connectivity index (χ1v) is 14.2. The Hall–Kier alpha value is -3.93. The number of carbonyl (C=O) groups is 1. The minimum absolute atomic E-state index is 0.0133. The number of halogens is 1. The highest BCUT2D eigenvalue weighted by Gasteiger charge is 2.27. The van der Waals surface area contributed by atoms with Gasteiger partial charge in [-0.2, -0.15) is 0 Å². The predicted octanol–water partition coefficient (Wildman–Crippen LogP) is 7.21. The van der Waals surface area contributed by atoms with Gasteiger partial charge in [-0.15, -0.1) is 0 Å². The van der Waals surface area contributed by atoms with Gasteiger partial charge in [-0.3, -0.25) is 14.7 Å². The molecular formula is C34H35ClN4O. The molecule has 5 nitrogen and oxygen atoms in total. The highest BCUT2D eigenvalue weighted by Crippen LogP contribution is 2.26. The van der Waals surface area contributed by atoms with Gasteiger partial charge >= 0.3 is 0 Å². The van der Waals surface area contributed by atoms with E-state index in [9.17, 15) is 4.79 Å². The van der Waals surface area contributed by atoms with Crippen LogP contribution in [0.1, 0.15) is 29.5 Å². The van der Waals surface area contributed by atoms with Gasteiger partial charge in [0.25, 0.3) is 0 Å². The molecule has 0 spiro atoms. The Labute approximate surface area is 242 Å². The molecule has 40 heavy (non-hydrogen) atoms. The lowest BCUT2D eigenvalue weighted by atomic mass is 10.0. The van der Waals surface area contributed by atoms with Gasteiger partial charge < -0.3 is 9.80 Å². The molecule has 4 aromatic rings. The van der Waals surface area contributed by atoms with Crippen molar-refractivity contribution in [2.45, 2.75) is 32.0 Å². The molecule has 0 unspecified atom stereocenters. The van der Waals surface area contributed by atoms with E-state index in [2.05, 4.69) is 69.4 Å². The summed E-state index contributed by atoms with van der Waals surface area (Å²) in [5, 5.41) is 0.640. The summed E-state index contributed by atoms with van der Waals surface area (Å²) in [4.78, 5) is 24.4. The van der Waals surface area contributed by atoms with Crippen molar-refractivity contribution in [3.8, 4) is 0 Å². The van der Waals surface area contributed by atoms with Crippen LogP contribution in [0.3, 0.4) is 0 Å². The van der Waals surface area contributed by atoms with E-state index >= 15 is 0 Å². The van der Waals surface area contributed by atoms with Gasteiger partial charge in [0.15, 0.2) is 0 Å². The molecule has 1 amide bonds. The van der Waals surface area contributed by atoms with E-state index in [0.29, 0.717) is 11.6 Å². The minimum Gasteiger partial charge on any atom is -0.345 e. The fourth-order valence-corrected chi connectivity index (χ4v) is 5.42. The zero-order chi connectivity index (χ0) is 27.7. The standard InChI is InChI=1S/C34H35ClN4O/c1-37(31-17-21-36-22-18-31)30-14-11-28(12-15-30)26-39(34(40)16-13-29-9-5-6-10-33(29)35)32-19-23-38(24-20-32)25-27-7-3-2-4-8-27/h2-18,21-22,32H,19-20,23-26H2,1H3/b16-13+. The van der Waals surface area contributed by atoms with Crippen molar-refractivity contribution in [2.24, 2.45) is 0 Å². The van der Waals surface area contributed by atoms with Crippen LogP contribution in [0.15, 0.2) is 109 Å². The molecule has 1 saturated heterocycles. The molecule has 0 bridgehead atoms. The van der Waals surface area contributed by atoms with Crippen LogP contribution in [0, 0.1) is 0 Å². The van der Waals surface area contributed by atoms with Crippen LogP contribution in [-0.4, -0.2) is 46.9 Å². The van der Waals surface area contributed by atoms with E-state index in [1.807, 2.05) is 54.4 Å². The maximum absolute atomic E-state index is 13.6. The van der Waals surface area contributed by atoms with E-state index < -0.39 is 0 Å². The highest BCUT2D eigenvalue weighted by molar-refractivity contribution is 6.32. The van der Waals surface area contributed by atoms with Crippen LogP contribution in [0.2, 0.25) is 5.02 Å². The van der Waals surface area contributed by atoms with Crippen LogP contribution in [0.4, 0.5) is 11.4 Å². The number of likely N-dealkylation sites (tertiary alicyclic amines) is 1. The second kappa shape index (κ2) is 13.4. The number of carbonyl (C=O) groups excluding carboxylic acids is 1. The molecule has 6 heteroatoms. The third-order valence-electron chi connectivity index (χ3n) is 7.57. The molecule has 1 aliphatic rings. The fourth-order valence-electron chi connectivity index (χ4n) is 5.22. The summed E-state index contributed by atoms with van der Waals surface area (Å²) in [7, 11) is 2.04. The average Bonchev–Trinajstić information content (AvgIpc) is 3.01. The molecule has 204 valence electrons. The molecule has 1 fully saturated rings. The largest absolute Gasteiger partial charge is 0.345 e. The Kier molecular flexibility index (Phi) is 9.27. The van der Waals surface area contributed by atoms with Gasteiger partial charge in [-0.25, -0.2) is 0 Å². The second-order valence-electron chi connectivity index (χ2n) is 10.2. The zero-order valence-corrected chi connectivity index (χ0v) is 23.6. The van der Waals surface area contributed by atoms with Crippen molar-refractivity contribution in [3.63, 3.8) is 0 Å². The molecule has 0 saturated carbocycles. The molecule has 1 aromatic heterocycles. The third kappa shape index (κ3) is 7.17. The van der Waals surface area contributed by atoms with Crippen molar-refractivity contribution >= 4 is 35.0 Å². The van der Waals surface area contributed by atoms with Crippen molar-refractivity contribution in [1.82, 2.24) is 14.8 Å². The first kappa shape index (κ1) is 27.6. The van der Waals surface area contributed by atoms with Crippen molar-refractivity contribution in [1.29, 1.82) is 0 Å². The van der Waals surface area contributed by atoms with Gasteiger partial charge in [0.2, 0.25) is 5.91 Å². The Morgan fingerprint density at radius 1 is 0.875 bits per heavy atom. The van der Waals surface area contributed by atoms with Gasteiger partial charge in [-0.1, -0.05) is 72.3 Å². The average molecular weight is 551 g/mol. The van der Waals surface area contributed by atoms with Gasteiger partial charge in [0.05, 0.1) is 0 Å². The van der Waals surface area contributed by atoms with E-state index in [0.717, 1.165) is 55.0 Å². The van der Waals surface area contributed by atoms with Crippen LogP contribution in [0.5, 0.6) is 0 Å². The van der Waals surface area contributed by atoms with Gasteiger partial charge in [0, 0.05) is 74.1 Å². The Balaban J connectivity index is 1.30. The maximum atomic E-state index is 13.6. The number of aromatic nitrogens is 1. The van der Waals surface area contributed by atoms with Crippen molar-refractivity contribution in [3.05, 3.63) is 131 Å². The number of rotatable bonds is 9. The highest BCUT2D eigenvalue weighted by atomic mass is 35.5. The molecule has 2 heterocycles. The third-order valence-corrected chi connectivity index (χ3v) is 7.91. The van der Waals surface area contributed by atoms with E-state index in [1.54, 1.807) is 18.5 Å². The Morgan fingerprint density at radius 3 is 2.23 bits per heavy atom. The summed E-state index contributed by atoms with van der Waals surface area (Å²) < 4.78 is 0. The van der Waals surface area contributed by atoms with Crippen molar-refractivity contribution < 1.29 is 4.79 Å². The lowest BCUT2D eigenvalue weighted by molar-refractivity contribution is -0.130. The fraction of sp³-hybridized carbons (Fsp3) is 0.235. The van der Waals surface area contributed by atoms with Crippen LogP contribution in [0.25, 0.3) is 6.08 Å². The molecule has 3 aromatic carbocycles. The van der Waals surface area contributed by atoms with Crippen LogP contribution >= 0.6 is 11.6 Å². The second-order valence-corrected chi connectivity index (χ2v) is 10.7. The summed E-state index contributed by atoms with van der Waals surface area (Å²) in [6.07, 6.45) is 8.98. The first-order valence-electron chi connectivity index (χ1n) is 13.8. The number of piperidine rings is 1. The number of nitrogens with zero attached hydrogens (tertiary/aromatic N) is 4. The topological polar surface area (TPSA) is 39.7 Å². The molecule has 5 rings (SSSR count). The number of pyridine rings is 1. The monoisotopic (exact) mass is 550 g/mol. The quantitative estimate of drug-likeness (QED) is 0.206. The van der Waals surface area contributed by atoms with Crippen LogP contribution < -0.4 is 4.90 Å². The van der Waals surface area contributed by atoms with Crippen LogP contribution in [-0.2, 0) is 17.9 Å². The number of hydrogen-bond acceptors (Lipinski definition) is 4. The zero-order valence-electron chi connectivity index (χ0n) is 22.9. The lowest BCUT2D eigenvalue weighted by Gasteiger charge is -2.38. The maximum Gasteiger partial charge on any atom is 0.247 e. The minimum atomic E-state index is 0.0133. The Morgan fingerprint density at radius 2 is 1.52 bits per heavy atom. The number of anilines is 2. The first-order chi connectivity index (χ1) is 19.6. The summed E-state index contributed by atoms with van der Waals surface area (Å²) >= 11 is 6.34. The summed E-state index contributed by atoms with van der Waals surface area (Å²) in [5.74, 6) is 0.0133. The van der Waals surface area contributed by atoms with Gasteiger partial charge in [0.1, 0.15) is 0 Å². The normalized spacial score (nSPS) is 14.3. The van der Waals surface area contributed by atoms with E-state index in [1.165, 1.54) is 5.56 Å². The lowest BCUT2D eigenvalue weighted by Crippen LogP contribution is -2.46. The van der Waals surface area contributed by atoms with E-state index in [-0.39, 0.29) is 11.9 Å². The Bertz CT molecular complexity index is 1400. The van der Waals surface area contributed by atoms with Crippen molar-refractivity contribution in [2.75, 3.05) is 25.0 Å².